The van der Waals surface area contributed by atoms with Crippen molar-refractivity contribution in [2.24, 2.45) is 0 Å². The van der Waals surface area contributed by atoms with Crippen molar-refractivity contribution in [3.8, 4) is 16.9 Å². The Balaban J connectivity index is 1.68. The average Bonchev–Trinajstić information content (AvgIpc) is 3.07. The Morgan fingerprint density at radius 3 is 2.79 bits per heavy atom. The van der Waals surface area contributed by atoms with Gasteiger partial charge in [-0.15, -0.1) is 5.10 Å². The number of nitrogens with one attached hydrogen (secondary N) is 1. The van der Waals surface area contributed by atoms with Crippen LogP contribution >= 0.6 is 0 Å². The summed E-state index contributed by atoms with van der Waals surface area (Å²) < 4.78 is 34.7. The van der Waals surface area contributed by atoms with Gasteiger partial charge < -0.3 is 10.5 Å². The number of rotatable bonds is 5. The number of fused-ring (bicyclic) bond motifs is 1. The van der Waals surface area contributed by atoms with Crippen LogP contribution in [0.2, 0.25) is 0 Å². The van der Waals surface area contributed by atoms with Gasteiger partial charge in [0, 0.05) is 35.8 Å². The fourth-order valence-electron chi connectivity index (χ4n) is 2.70. The normalized spacial score (nSPS) is 11.5. The number of sulfonamides is 1. The second-order valence-corrected chi connectivity index (χ2v) is 7.62. The first kappa shape index (κ1) is 17.7. The van der Waals surface area contributed by atoms with E-state index in [1.807, 2.05) is 0 Å². The molecule has 28 heavy (non-hydrogen) atoms. The Morgan fingerprint density at radius 2 is 1.96 bits per heavy atom. The average molecular weight is 396 g/mol. The monoisotopic (exact) mass is 396 g/mol. The molecule has 0 amide bonds. The van der Waals surface area contributed by atoms with Gasteiger partial charge in [-0.05, 0) is 30.3 Å². The number of aromatic nitrogens is 4. The molecule has 0 unspecified atom stereocenters. The second-order valence-electron chi connectivity index (χ2n) is 5.94. The maximum Gasteiger partial charge on any atom is 0.263 e. The van der Waals surface area contributed by atoms with E-state index in [0.29, 0.717) is 22.6 Å². The van der Waals surface area contributed by atoms with Gasteiger partial charge in [0.1, 0.15) is 10.6 Å². The number of benzene rings is 1. The summed E-state index contributed by atoms with van der Waals surface area (Å²) in [6.45, 7) is 0. The molecule has 4 rings (SSSR count). The SMILES string of the molecule is COc1cccc(NS(=O)(=O)c2cncc(-c3ccc4nc(N)nn4c3)c2)c1. The summed E-state index contributed by atoms with van der Waals surface area (Å²) in [5.41, 5.74) is 7.93. The molecule has 142 valence electrons. The van der Waals surface area contributed by atoms with Crippen molar-refractivity contribution < 1.29 is 13.2 Å². The van der Waals surface area contributed by atoms with Crippen LogP contribution in [0.15, 0.2) is 66.0 Å². The van der Waals surface area contributed by atoms with Gasteiger partial charge in [-0.1, -0.05) is 6.07 Å². The van der Waals surface area contributed by atoms with E-state index >= 15 is 0 Å². The van der Waals surface area contributed by atoms with Crippen LogP contribution in [0.3, 0.4) is 0 Å². The third-order valence-electron chi connectivity index (χ3n) is 4.03. The number of anilines is 2. The first-order valence-electron chi connectivity index (χ1n) is 8.19. The summed E-state index contributed by atoms with van der Waals surface area (Å²) in [4.78, 5) is 8.17. The quantitative estimate of drug-likeness (QED) is 0.530. The van der Waals surface area contributed by atoms with Crippen molar-refractivity contribution in [2.75, 3.05) is 17.6 Å². The van der Waals surface area contributed by atoms with Crippen LogP contribution in [0.4, 0.5) is 11.6 Å². The standard InChI is InChI=1S/C18H16N6O3S/c1-27-15-4-2-3-14(8-15)23-28(25,26)16-7-13(9-20-10-16)12-5-6-17-21-18(19)22-24(17)11-12/h2-11,23H,1H3,(H2,19,22). The van der Waals surface area contributed by atoms with Crippen molar-refractivity contribution in [3.63, 3.8) is 0 Å². The van der Waals surface area contributed by atoms with Crippen molar-refractivity contribution >= 4 is 27.3 Å². The molecule has 0 fully saturated rings. The lowest BCUT2D eigenvalue weighted by Crippen LogP contribution is -2.13. The van der Waals surface area contributed by atoms with E-state index in [0.717, 1.165) is 5.56 Å². The Hall–Kier alpha value is -3.66. The molecular formula is C18H16N6O3S. The van der Waals surface area contributed by atoms with E-state index in [4.69, 9.17) is 10.5 Å². The van der Waals surface area contributed by atoms with Crippen LogP contribution in [-0.4, -0.2) is 35.1 Å². The molecule has 0 saturated heterocycles. The molecule has 4 aromatic rings. The maximum atomic E-state index is 12.8. The smallest absolute Gasteiger partial charge is 0.263 e. The lowest BCUT2D eigenvalue weighted by Gasteiger charge is -2.10. The third kappa shape index (κ3) is 3.45. The Bertz CT molecular complexity index is 1270. The highest BCUT2D eigenvalue weighted by molar-refractivity contribution is 7.92. The molecule has 0 aliphatic carbocycles. The van der Waals surface area contributed by atoms with Crippen LogP contribution in [0.5, 0.6) is 5.75 Å². The van der Waals surface area contributed by atoms with Crippen LogP contribution in [0.1, 0.15) is 0 Å². The number of pyridine rings is 2. The van der Waals surface area contributed by atoms with Crippen LogP contribution in [0.25, 0.3) is 16.8 Å². The van der Waals surface area contributed by atoms with Crippen molar-refractivity contribution in [3.05, 3.63) is 61.1 Å². The fourth-order valence-corrected chi connectivity index (χ4v) is 3.73. The highest BCUT2D eigenvalue weighted by atomic mass is 32.2. The number of hydrogen-bond donors (Lipinski definition) is 2. The minimum Gasteiger partial charge on any atom is -0.497 e. The number of nitrogens with zero attached hydrogens (tertiary/aromatic N) is 4. The van der Waals surface area contributed by atoms with Gasteiger partial charge in [-0.3, -0.25) is 9.71 Å². The topological polar surface area (TPSA) is 124 Å². The zero-order valence-electron chi connectivity index (χ0n) is 14.8. The molecule has 0 bridgehead atoms. The van der Waals surface area contributed by atoms with Crippen molar-refractivity contribution in [2.45, 2.75) is 4.90 Å². The van der Waals surface area contributed by atoms with E-state index in [-0.39, 0.29) is 10.8 Å². The summed E-state index contributed by atoms with van der Waals surface area (Å²) in [5, 5.41) is 4.06. The Labute approximate surface area is 160 Å². The van der Waals surface area contributed by atoms with Gasteiger partial charge >= 0.3 is 0 Å². The van der Waals surface area contributed by atoms with Gasteiger partial charge in [0.05, 0.1) is 12.8 Å². The fraction of sp³-hybridized carbons (Fsp3) is 0.0556. The maximum absolute atomic E-state index is 12.8. The molecule has 0 radical (unpaired) electrons. The van der Waals surface area contributed by atoms with E-state index in [2.05, 4.69) is 19.8 Å². The highest BCUT2D eigenvalue weighted by Gasteiger charge is 2.16. The molecule has 0 aliphatic heterocycles. The Kier molecular flexibility index (Phi) is 4.32. The third-order valence-corrected chi connectivity index (χ3v) is 5.37. The molecule has 0 atom stereocenters. The molecule has 3 N–H and O–H groups in total. The van der Waals surface area contributed by atoms with Gasteiger partial charge in [0.2, 0.25) is 5.95 Å². The predicted molar refractivity (Wildman–Crippen MR) is 104 cm³/mol. The molecule has 9 nitrogen and oxygen atoms in total. The minimum absolute atomic E-state index is 0.0334. The summed E-state index contributed by atoms with van der Waals surface area (Å²) in [5.74, 6) is 0.710. The largest absolute Gasteiger partial charge is 0.497 e. The molecule has 1 aromatic carbocycles. The summed E-state index contributed by atoms with van der Waals surface area (Å²) >= 11 is 0. The predicted octanol–water partition coefficient (Wildman–Crippen LogP) is 2.18. The lowest BCUT2D eigenvalue weighted by molar-refractivity contribution is 0.415. The van der Waals surface area contributed by atoms with Gasteiger partial charge in [0.25, 0.3) is 10.0 Å². The molecule has 0 aliphatic rings. The molecule has 10 heteroatoms. The highest BCUT2D eigenvalue weighted by Crippen LogP contribution is 2.24. The van der Waals surface area contributed by atoms with E-state index in [1.54, 1.807) is 48.8 Å². The van der Waals surface area contributed by atoms with Crippen LogP contribution < -0.4 is 15.2 Å². The number of ether oxygens (including phenoxy) is 1. The zero-order valence-corrected chi connectivity index (χ0v) is 15.6. The van der Waals surface area contributed by atoms with Crippen molar-refractivity contribution in [1.29, 1.82) is 0 Å². The van der Waals surface area contributed by atoms with Gasteiger partial charge in [0.15, 0.2) is 5.65 Å². The lowest BCUT2D eigenvalue weighted by atomic mass is 10.1. The van der Waals surface area contributed by atoms with E-state index in [9.17, 15) is 8.42 Å². The molecule has 0 saturated carbocycles. The molecule has 0 spiro atoms. The minimum atomic E-state index is -3.83. The first-order valence-corrected chi connectivity index (χ1v) is 9.67. The summed E-state index contributed by atoms with van der Waals surface area (Å²) in [7, 11) is -2.32. The molecule has 3 heterocycles. The summed E-state index contributed by atoms with van der Waals surface area (Å²) in [6, 6.07) is 11.7. The Morgan fingerprint density at radius 1 is 1.11 bits per heavy atom. The summed E-state index contributed by atoms with van der Waals surface area (Å²) in [6.07, 6.45) is 4.58. The number of methoxy groups -OCH3 is 1. The van der Waals surface area contributed by atoms with Gasteiger partial charge in [-0.25, -0.2) is 12.9 Å². The first-order chi connectivity index (χ1) is 13.4. The van der Waals surface area contributed by atoms with Crippen LogP contribution in [0, 0.1) is 0 Å². The van der Waals surface area contributed by atoms with Crippen LogP contribution in [-0.2, 0) is 10.0 Å². The molecular weight excluding hydrogens is 380 g/mol. The number of hydrogen-bond acceptors (Lipinski definition) is 7. The zero-order chi connectivity index (χ0) is 19.7. The number of nitrogens with two attached hydrogens (primary N) is 1. The molecule has 3 aromatic heterocycles. The van der Waals surface area contributed by atoms with Crippen molar-refractivity contribution in [1.82, 2.24) is 19.6 Å². The number of nitrogen functional groups attached to an aromatic ring is 1. The van der Waals surface area contributed by atoms with E-state index in [1.165, 1.54) is 23.9 Å². The van der Waals surface area contributed by atoms with E-state index < -0.39 is 10.0 Å². The van der Waals surface area contributed by atoms with Gasteiger partial charge in [-0.2, -0.15) is 4.98 Å². The second kappa shape index (κ2) is 6.82.